The molecule has 0 unspecified atom stereocenters. The smallest absolute Gasteiger partial charge is 0.475 e. The molecule has 4 rings (SSSR count). The van der Waals surface area contributed by atoms with Gasteiger partial charge in [-0.25, -0.2) is 13.6 Å². The minimum atomic E-state index is -5.08. The van der Waals surface area contributed by atoms with Crippen LogP contribution in [0, 0.1) is 12.7 Å². The summed E-state index contributed by atoms with van der Waals surface area (Å²) in [5.41, 5.74) is 4.20. The molecule has 6 nitrogen and oxygen atoms in total. The van der Waals surface area contributed by atoms with Gasteiger partial charge in [-0.1, -0.05) is 6.07 Å². The number of halogens is 5. The molecule has 1 aromatic carbocycles. The van der Waals surface area contributed by atoms with Crippen LogP contribution in [0.4, 0.5) is 22.0 Å². The molecule has 0 atom stereocenters. The van der Waals surface area contributed by atoms with E-state index in [2.05, 4.69) is 4.98 Å². The fourth-order valence-corrected chi connectivity index (χ4v) is 3.17. The van der Waals surface area contributed by atoms with Gasteiger partial charge in [-0.3, -0.25) is 9.78 Å². The number of aryl methyl sites for hydroxylation is 1. The second-order valence-electron chi connectivity index (χ2n) is 7.23. The zero-order valence-corrected chi connectivity index (χ0v) is 16.7. The lowest BCUT2D eigenvalue weighted by Gasteiger charge is -2.34. The Morgan fingerprint density at radius 3 is 2.41 bits per heavy atom. The molecule has 32 heavy (non-hydrogen) atoms. The highest BCUT2D eigenvalue weighted by atomic mass is 19.4. The summed E-state index contributed by atoms with van der Waals surface area (Å²) in [6.45, 7) is 2.36. The number of amides is 1. The van der Waals surface area contributed by atoms with Gasteiger partial charge < -0.3 is 14.6 Å². The number of likely N-dealkylation sites (tertiary alicyclic amines) is 1. The number of nitrogens with zero attached hydrogens (tertiary/aromatic N) is 3. The summed E-state index contributed by atoms with van der Waals surface area (Å²) in [5, 5.41) is 7.12. The summed E-state index contributed by atoms with van der Waals surface area (Å²) in [7, 11) is 0. The van der Waals surface area contributed by atoms with Crippen LogP contribution in [-0.4, -0.2) is 56.9 Å². The minimum absolute atomic E-state index is 0.102. The fourth-order valence-electron chi connectivity index (χ4n) is 3.17. The molecular formula is C21H18F5N3O3. The van der Waals surface area contributed by atoms with E-state index in [1.807, 2.05) is 29.8 Å². The zero-order valence-electron chi connectivity index (χ0n) is 16.7. The maximum atomic E-state index is 13.3. The Bertz CT molecular complexity index is 1150. The van der Waals surface area contributed by atoms with Crippen molar-refractivity contribution >= 4 is 22.9 Å². The normalized spacial score (nSPS) is 14.0. The maximum Gasteiger partial charge on any atom is 0.490 e. The van der Waals surface area contributed by atoms with Crippen molar-refractivity contribution in [2.75, 3.05) is 13.1 Å². The first kappa shape index (κ1) is 23.2. The average Bonchev–Trinajstić information content (AvgIpc) is 3.07. The summed E-state index contributed by atoms with van der Waals surface area (Å²) >= 11 is 0. The summed E-state index contributed by atoms with van der Waals surface area (Å²) < 4.78 is 59.8. The Morgan fingerprint density at radius 2 is 1.84 bits per heavy atom. The number of benzene rings is 1. The van der Waals surface area contributed by atoms with Crippen LogP contribution in [0.2, 0.25) is 0 Å². The summed E-state index contributed by atoms with van der Waals surface area (Å²) in [6, 6.07) is 8.43. The Morgan fingerprint density at radius 1 is 1.19 bits per heavy atom. The molecule has 1 saturated heterocycles. The van der Waals surface area contributed by atoms with Gasteiger partial charge in [0, 0.05) is 18.0 Å². The maximum absolute atomic E-state index is 13.3. The van der Waals surface area contributed by atoms with E-state index in [0.717, 1.165) is 27.7 Å². The van der Waals surface area contributed by atoms with Crippen molar-refractivity contribution in [2.45, 2.75) is 25.8 Å². The van der Waals surface area contributed by atoms with E-state index < -0.39 is 18.3 Å². The lowest BCUT2D eigenvalue weighted by Crippen LogP contribution is -2.52. The zero-order chi connectivity index (χ0) is 23.6. The first-order valence-electron chi connectivity index (χ1n) is 9.39. The molecular weight excluding hydrogens is 437 g/mol. The van der Waals surface area contributed by atoms with Crippen molar-refractivity contribution in [3.63, 3.8) is 0 Å². The Hall–Kier alpha value is -3.50. The van der Waals surface area contributed by atoms with Crippen molar-refractivity contribution in [3.05, 3.63) is 54.1 Å². The van der Waals surface area contributed by atoms with Crippen LogP contribution < -0.4 is 0 Å². The van der Waals surface area contributed by atoms with Crippen LogP contribution in [0.5, 0.6) is 0 Å². The van der Waals surface area contributed by atoms with Gasteiger partial charge in [0.25, 0.3) is 0 Å². The SMILES string of the molecule is Cc1cc(F)ccc1-c1cnc2ccn(CC(=O)N3CC(F)C3)c2c1.O=C(O)C(F)(F)F. The van der Waals surface area contributed by atoms with E-state index in [4.69, 9.17) is 9.90 Å². The lowest BCUT2D eigenvalue weighted by atomic mass is 10.0. The standard InChI is InChI=1S/C19H17F2N3O.C2HF3O2/c1-12-6-14(20)2-3-16(12)13-7-18-17(22-8-13)4-5-23(18)11-19(25)24-9-15(21)10-24;3-2(4,5)1(6)7/h2-8,15H,9-11H2,1H3;(H,6,7). The molecule has 3 heterocycles. The number of carbonyl (C=O) groups is 2. The highest BCUT2D eigenvalue weighted by Crippen LogP contribution is 2.27. The highest BCUT2D eigenvalue weighted by molar-refractivity contribution is 5.84. The second kappa shape index (κ2) is 8.93. The van der Waals surface area contributed by atoms with Gasteiger partial charge in [-0.05, 0) is 42.3 Å². The number of pyridine rings is 1. The van der Waals surface area contributed by atoms with Crippen molar-refractivity contribution < 1.29 is 36.6 Å². The number of fused-ring (bicyclic) bond motifs is 1. The number of hydrogen-bond acceptors (Lipinski definition) is 3. The molecule has 11 heteroatoms. The Balaban J connectivity index is 0.000000360. The fraction of sp³-hybridized carbons (Fsp3) is 0.286. The van der Waals surface area contributed by atoms with Gasteiger partial charge in [-0.2, -0.15) is 13.2 Å². The third-order valence-corrected chi connectivity index (χ3v) is 4.86. The Kier molecular flexibility index (Phi) is 6.47. The second-order valence-corrected chi connectivity index (χ2v) is 7.23. The van der Waals surface area contributed by atoms with E-state index in [0.29, 0.717) is 0 Å². The van der Waals surface area contributed by atoms with Crippen LogP contribution in [0.3, 0.4) is 0 Å². The van der Waals surface area contributed by atoms with E-state index >= 15 is 0 Å². The topological polar surface area (TPSA) is 75.4 Å². The molecule has 1 aliphatic heterocycles. The number of alkyl halides is 4. The summed E-state index contributed by atoms with van der Waals surface area (Å²) in [6.07, 6.45) is -2.43. The van der Waals surface area contributed by atoms with E-state index in [9.17, 15) is 26.7 Å². The van der Waals surface area contributed by atoms with E-state index in [-0.39, 0.29) is 31.4 Å². The molecule has 0 spiro atoms. The molecule has 0 bridgehead atoms. The number of aliphatic carboxylic acids is 1. The van der Waals surface area contributed by atoms with E-state index in [1.165, 1.54) is 17.0 Å². The third-order valence-electron chi connectivity index (χ3n) is 4.86. The summed E-state index contributed by atoms with van der Waals surface area (Å²) in [5.74, 6) is -3.13. The molecule has 0 saturated carbocycles. The van der Waals surface area contributed by atoms with E-state index in [1.54, 1.807) is 12.3 Å². The lowest BCUT2D eigenvalue weighted by molar-refractivity contribution is -0.192. The Labute approximate surface area is 178 Å². The van der Waals surface area contributed by atoms with Gasteiger partial charge in [0.05, 0.1) is 24.1 Å². The number of carboxylic acid groups (broad SMARTS) is 1. The van der Waals surface area contributed by atoms with Crippen LogP contribution in [0.25, 0.3) is 22.2 Å². The predicted molar refractivity (Wildman–Crippen MR) is 105 cm³/mol. The number of carbonyl (C=O) groups excluding carboxylic acids is 1. The number of rotatable bonds is 3. The molecule has 1 amide bonds. The minimum Gasteiger partial charge on any atom is -0.475 e. The van der Waals surface area contributed by atoms with Gasteiger partial charge >= 0.3 is 12.1 Å². The van der Waals surface area contributed by atoms with Crippen LogP contribution in [0.1, 0.15) is 5.56 Å². The largest absolute Gasteiger partial charge is 0.490 e. The predicted octanol–water partition coefficient (Wildman–Crippen LogP) is 3.96. The molecule has 0 aliphatic carbocycles. The molecule has 3 aromatic rings. The monoisotopic (exact) mass is 455 g/mol. The molecule has 170 valence electrons. The van der Waals surface area contributed by atoms with Crippen LogP contribution in [0.15, 0.2) is 42.7 Å². The van der Waals surface area contributed by atoms with Crippen LogP contribution in [-0.2, 0) is 16.1 Å². The van der Waals surface area contributed by atoms with Crippen molar-refractivity contribution in [1.29, 1.82) is 0 Å². The van der Waals surface area contributed by atoms with Gasteiger partial charge in [0.15, 0.2) is 0 Å². The molecule has 0 radical (unpaired) electrons. The quantitative estimate of drug-likeness (QED) is 0.607. The highest BCUT2D eigenvalue weighted by Gasteiger charge is 2.38. The van der Waals surface area contributed by atoms with Crippen molar-refractivity contribution in [1.82, 2.24) is 14.5 Å². The first-order valence-corrected chi connectivity index (χ1v) is 9.39. The number of aromatic nitrogens is 2. The number of hydrogen-bond donors (Lipinski definition) is 1. The van der Waals surface area contributed by atoms with Crippen LogP contribution >= 0.6 is 0 Å². The van der Waals surface area contributed by atoms with Crippen molar-refractivity contribution in [3.8, 4) is 11.1 Å². The number of carboxylic acids is 1. The third kappa shape index (κ3) is 5.21. The summed E-state index contributed by atoms with van der Waals surface area (Å²) in [4.78, 5) is 27.1. The van der Waals surface area contributed by atoms with Gasteiger partial charge in [-0.15, -0.1) is 0 Å². The molecule has 1 fully saturated rings. The molecule has 1 aliphatic rings. The first-order chi connectivity index (χ1) is 15.0. The van der Waals surface area contributed by atoms with Gasteiger partial charge in [0.1, 0.15) is 18.5 Å². The average molecular weight is 455 g/mol. The van der Waals surface area contributed by atoms with Gasteiger partial charge in [0.2, 0.25) is 5.91 Å². The van der Waals surface area contributed by atoms with Crippen molar-refractivity contribution in [2.24, 2.45) is 0 Å². The molecule has 1 N–H and O–H groups in total. The molecule has 2 aromatic heterocycles.